The SMILES string of the molecule is O=C(NCCOc1cccc(Cl)c1)Nc1cccc(Cl)c1Cl. The number of rotatable bonds is 5. The van der Waals surface area contributed by atoms with Crippen LogP contribution >= 0.6 is 34.8 Å². The molecule has 0 aliphatic rings. The van der Waals surface area contributed by atoms with Crippen LogP contribution in [0.5, 0.6) is 5.75 Å². The number of amides is 2. The topological polar surface area (TPSA) is 50.4 Å². The molecule has 0 spiro atoms. The van der Waals surface area contributed by atoms with E-state index in [0.717, 1.165) is 0 Å². The Labute approximate surface area is 143 Å². The van der Waals surface area contributed by atoms with Gasteiger partial charge in [-0.15, -0.1) is 0 Å². The lowest BCUT2D eigenvalue weighted by atomic mass is 10.3. The fourth-order valence-electron chi connectivity index (χ4n) is 1.66. The summed E-state index contributed by atoms with van der Waals surface area (Å²) in [5.74, 6) is 0.646. The fourth-order valence-corrected chi connectivity index (χ4v) is 2.19. The monoisotopic (exact) mass is 358 g/mol. The summed E-state index contributed by atoms with van der Waals surface area (Å²) in [4.78, 5) is 11.7. The van der Waals surface area contributed by atoms with Crippen molar-refractivity contribution < 1.29 is 9.53 Å². The maximum absolute atomic E-state index is 11.7. The van der Waals surface area contributed by atoms with E-state index < -0.39 is 0 Å². The number of hydrogen-bond acceptors (Lipinski definition) is 2. The van der Waals surface area contributed by atoms with Crippen LogP contribution in [0.1, 0.15) is 0 Å². The molecule has 0 atom stereocenters. The van der Waals surface area contributed by atoms with Crippen LogP contribution in [0.2, 0.25) is 15.1 Å². The summed E-state index contributed by atoms with van der Waals surface area (Å²) in [5.41, 5.74) is 0.447. The molecule has 116 valence electrons. The van der Waals surface area contributed by atoms with Crippen LogP contribution in [-0.4, -0.2) is 19.2 Å². The van der Waals surface area contributed by atoms with Gasteiger partial charge in [-0.3, -0.25) is 0 Å². The van der Waals surface area contributed by atoms with Crippen molar-refractivity contribution in [3.05, 3.63) is 57.5 Å². The second kappa shape index (κ2) is 8.13. The van der Waals surface area contributed by atoms with E-state index in [2.05, 4.69) is 10.6 Å². The van der Waals surface area contributed by atoms with Gasteiger partial charge in [0.2, 0.25) is 0 Å². The Balaban J connectivity index is 1.75. The molecular weight excluding hydrogens is 347 g/mol. The number of hydrogen-bond donors (Lipinski definition) is 2. The second-order valence-corrected chi connectivity index (χ2v) is 5.51. The number of urea groups is 1. The molecule has 2 aromatic carbocycles. The Morgan fingerprint density at radius 1 is 1.09 bits per heavy atom. The molecular formula is C15H13Cl3N2O2. The maximum atomic E-state index is 11.7. The van der Waals surface area contributed by atoms with Crippen LogP contribution in [0, 0.1) is 0 Å². The van der Waals surface area contributed by atoms with Gasteiger partial charge >= 0.3 is 6.03 Å². The average molecular weight is 360 g/mol. The molecule has 0 unspecified atom stereocenters. The molecule has 0 bridgehead atoms. The molecule has 4 nitrogen and oxygen atoms in total. The highest BCUT2D eigenvalue weighted by atomic mass is 35.5. The van der Waals surface area contributed by atoms with E-state index in [4.69, 9.17) is 39.5 Å². The van der Waals surface area contributed by atoms with Crippen molar-refractivity contribution in [3.63, 3.8) is 0 Å². The first-order valence-electron chi connectivity index (χ1n) is 6.43. The van der Waals surface area contributed by atoms with E-state index >= 15 is 0 Å². The molecule has 22 heavy (non-hydrogen) atoms. The summed E-state index contributed by atoms with van der Waals surface area (Å²) < 4.78 is 5.46. The number of nitrogens with one attached hydrogen (secondary N) is 2. The Kier molecular flexibility index (Phi) is 6.19. The molecule has 2 N–H and O–H groups in total. The van der Waals surface area contributed by atoms with E-state index in [1.165, 1.54) is 0 Å². The van der Waals surface area contributed by atoms with Gasteiger partial charge in [-0.2, -0.15) is 0 Å². The first-order valence-corrected chi connectivity index (χ1v) is 7.57. The third-order valence-electron chi connectivity index (χ3n) is 2.65. The average Bonchev–Trinajstić information content (AvgIpc) is 2.49. The Morgan fingerprint density at radius 3 is 2.64 bits per heavy atom. The minimum absolute atomic E-state index is 0.300. The number of anilines is 1. The van der Waals surface area contributed by atoms with Gasteiger partial charge in [0.25, 0.3) is 0 Å². The van der Waals surface area contributed by atoms with Gasteiger partial charge in [0.15, 0.2) is 0 Å². The summed E-state index contributed by atoms with van der Waals surface area (Å²) in [7, 11) is 0. The van der Waals surface area contributed by atoms with Crippen LogP contribution in [0.15, 0.2) is 42.5 Å². The molecule has 2 aromatic rings. The summed E-state index contributed by atoms with van der Waals surface area (Å²) in [5, 5.41) is 6.54. The molecule has 0 radical (unpaired) electrons. The third kappa shape index (κ3) is 4.98. The molecule has 2 rings (SSSR count). The molecule has 0 aliphatic carbocycles. The number of ether oxygens (including phenoxy) is 1. The number of carbonyl (C=O) groups excluding carboxylic acids is 1. The van der Waals surface area contributed by atoms with Crippen molar-refractivity contribution in [1.29, 1.82) is 0 Å². The van der Waals surface area contributed by atoms with E-state index in [-0.39, 0.29) is 6.03 Å². The van der Waals surface area contributed by atoms with E-state index in [1.54, 1.807) is 42.5 Å². The van der Waals surface area contributed by atoms with Crippen molar-refractivity contribution in [1.82, 2.24) is 5.32 Å². The van der Waals surface area contributed by atoms with Gasteiger partial charge in [0.1, 0.15) is 12.4 Å². The second-order valence-electron chi connectivity index (χ2n) is 4.29. The molecule has 7 heteroatoms. The Bertz CT molecular complexity index is 665. The minimum atomic E-state index is -0.390. The standard InChI is InChI=1S/C15H13Cl3N2O2/c16-10-3-1-4-11(9-10)22-8-7-19-15(21)20-13-6-2-5-12(17)14(13)18/h1-6,9H,7-8H2,(H2,19,20,21). The van der Waals surface area contributed by atoms with Crippen LogP contribution in [-0.2, 0) is 0 Å². The molecule has 0 aromatic heterocycles. The Morgan fingerprint density at radius 2 is 1.86 bits per heavy atom. The Hall–Kier alpha value is -1.62. The highest BCUT2D eigenvalue weighted by molar-refractivity contribution is 6.43. The molecule has 0 aliphatic heterocycles. The normalized spacial score (nSPS) is 10.1. The highest BCUT2D eigenvalue weighted by Crippen LogP contribution is 2.29. The lowest BCUT2D eigenvalue weighted by Crippen LogP contribution is -2.32. The van der Waals surface area contributed by atoms with Crippen molar-refractivity contribution in [2.45, 2.75) is 0 Å². The van der Waals surface area contributed by atoms with E-state index in [1.807, 2.05) is 0 Å². The number of halogens is 3. The van der Waals surface area contributed by atoms with Gasteiger partial charge in [0, 0.05) is 5.02 Å². The highest BCUT2D eigenvalue weighted by Gasteiger charge is 2.07. The van der Waals surface area contributed by atoms with Gasteiger partial charge < -0.3 is 15.4 Å². The van der Waals surface area contributed by atoms with E-state index in [0.29, 0.717) is 39.7 Å². The zero-order chi connectivity index (χ0) is 15.9. The van der Waals surface area contributed by atoms with Gasteiger partial charge in [-0.05, 0) is 30.3 Å². The predicted octanol–water partition coefficient (Wildman–Crippen LogP) is 4.85. The zero-order valence-corrected chi connectivity index (χ0v) is 13.7. The third-order valence-corrected chi connectivity index (χ3v) is 3.71. The van der Waals surface area contributed by atoms with Crippen molar-refractivity contribution in [3.8, 4) is 5.75 Å². The van der Waals surface area contributed by atoms with Gasteiger partial charge in [-0.25, -0.2) is 4.79 Å². The van der Waals surface area contributed by atoms with Crippen LogP contribution in [0.25, 0.3) is 0 Å². The minimum Gasteiger partial charge on any atom is -0.492 e. The number of carbonyl (C=O) groups is 1. The summed E-state index contributed by atoms with van der Waals surface area (Å²) in [6.07, 6.45) is 0. The lowest BCUT2D eigenvalue weighted by Gasteiger charge is -2.10. The quantitative estimate of drug-likeness (QED) is 0.750. The molecule has 0 saturated heterocycles. The summed E-state index contributed by atoms with van der Waals surface area (Å²) in [6.45, 7) is 0.646. The fraction of sp³-hybridized carbons (Fsp3) is 0.133. The molecule has 0 heterocycles. The number of benzene rings is 2. The van der Waals surface area contributed by atoms with Crippen molar-refractivity contribution in [2.24, 2.45) is 0 Å². The van der Waals surface area contributed by atoms with Crippen LogP contribution in [0.3, 0.4) is 0 Å². The lowest BCUT2D eigenvalue weighted by molar-refractivity contribution is 0.247. The first-order chi connectivity index (χ1) is 10.6. The van der Waals surface area contributed by atoms with Crippen LogP contribution in [0.4, 0.5) is 10.5 Å². The first kappa shape index (κ1) is 16.7. The van der Waals surface area contributed by atoms with Crippen molar-refractivity contribution in [2.75, 3.05) is 18.5 Å². The predicted molar refractivity (Wildman–Crippen MR) is 90.4 cm³/mol. The van der Waals surface area contributed by atoms with Crippen LogP contribution < -0.4 is 15.4 Å². The van der Waals surface area contributed by atoms with E-state index in [9.17, 15) is 4.79 Å². The summed E-state index contributed by atoms with van der Waals surface area (Å²) >= 11 is 17.7. The van der Waals surface area contributed by atoms with Gasteiger partial charge in [-0.1, -0.05) is 46.9 Å². The van der Waals surface area contributed by atoms with Gasteiger partial charge in [0.05, 0.1) is 22.3 Å². The molecule has 0 saturated carbocycles. The largest absolute Gasteiger partial charge is 0.492 e. The molecule has 2 amide bonds. The smallest absolute Gasteiger partial charge is 0.319 e. The zero-order valence-electron chi connectivity index (χ0n) is 11.4. The molecule has 0 fully saturated rings. The maximum Gasteiger partial charge on any atom is 0.319 e. The van der Waals surface area contributed by atoms with Crippen molar-refractivity contribution >= 4 is 46.5 Å². The summed E-state index contributed by atoms with van der Waals surface area (Å²) in [6, 6.07) is 11.7.